The van der Waals surface area contributed by atoms with Crippen molar-refractivity contribution in [2.45, 2.75) is 129 Å². The summed E-state index contributed by atoms with van der Waals surface area (Å²) in [4.78, 5) is 23.9. The van der Waals surface area contributed by atoms with Crippen molar-refractivity contribution in [1.82, 2.24) is 0 Å². The number of rotatable bonds is 17. The fraction of sp³-hybridized carbons (Fsp3) is 0.917. The second-order valence-electron chi connectivity index (χ2n) is 8.68. The number of carbonyl (C=O) groups excluding carboxylic acids is 1. The van der Waals surface area contributed by atoms with E-state index in [-0.39, 0.29) is 0 Å². The molecule has 0 amide bonds. The first-order valence-electron chi connectivity index (χ1n) is 12.0. The van der Waals surface area contributed by atoms with Gasteiger partial charge < -0.3 is 9.84 Å². The minimum atomic E-state index is -1.27. The number of esters is 1. The van der Waals surface area contributed by atoms with Crippen LogP contribution in [0.4, 0.5) is 0 Å². The van der Waals surface area contributed by atoms with E-state index in [2.05, 4.69) is 6.92 Å². The van der Waals surface area contributed by atoms with Crippen molar-refractivity contribution < 1.29 is 19.4 Å². The van der Waals surface area contributed by atoms with Crippen LogP contribution in [0.25, 0.3) is 0 Å². The summed E-state index contributed by atoms with van der Waals surface area (Å²) in [5, 5.41) is 9.48. The maximum Gasteiger partial charge on any atom is 0.323 e. The molecular formula is C24H44O4. The Bertz CT molecular complexity index is 413. The van der Waals surface area contributed by atoms with E-state index in [1.807, 2.05) is 0 Å². The minimum absolute atomic E-state index is 0.367. The third-order valence-corrected chi connectivity index (χ3v) is 6.24. The van der Waals surface area contributed by atoms with Crippen molar-refractivity contribution in [3.63, 3.8) is 0 Å². The predicted molar refractivity (Wildman–Crippen MR) is 114 cm³/mol. The zero-order valence-electron chi connectivity index (χ0n) is 18.3. The van der Waals surface area contributed by atoms with Crippen LogP contribution < -0.4 is 0 Å². The maximum absolute atomic E-state index is 12.3. The Hall–Kier alpha value is -1.06. The molecule has 0 aromatic heterocycles. The van der Waals surface area contributed by atoms with E-state index in [4.69, 9.17) is 4.74 Å². The largest absolute Gasteiger partial charge is 0.480 e. The van der Waals surface area contributed by atoms with Crippen molar-refractivity contribution in [3.8, 4) is 0 Å². The molecule has 1 N–H and O–H groups in total. The number of unbranched alkanes of at least 4 members (excludes halogenated alkanes) is 13. The molecule has 0 bridgehead atoms. The summed E-state index contributed by atoms with van der Waals surface area (Å²) >= 11 is 0. The van der Waals surface area contributed by atoms with Crippen LogP contribution in [-0.2, 0) is 14.3 Å². The molecule has 0 aromatic carbocycles. The van der Waals surface area contributed by atoms with Crippen molar-refractivity contribution in [1.29, 1.82) is 0 Å². The van der Waals surface area contributed by atoms with Gasteiger partial charge >= 0.3 is 11.9 Å². The lowest BCUT2D eigenvalue weighted by Gasteiger charge is -2.30. The Morgan fingerprint density at radius 2 is 1.14 bits per heavy atom. The molecule has 1 aliphatic carbocycles. The normalized spacial score (nSPS) is 16.0. The van der Waals surface area contributed by atoms with Gasteiger partial charge in [0.05, 0.1) is 6.61 Å². The van der Waals surface area contributed by atoms with E-state index in [1.54, 1.807) is 0 Å². The predicted octanol–water partition coefficient (Wildman–Crippen LogP) is 7.05. The van der Waals surface area contributed by atoms with E-state index < -0.39 is 17.4 Å². The van der Waals surface area contributed by atoms with Crippen LogP contribution in [0.1, 0.15) is 129 Å². The number of carbonyl (C=O) groups is 2. The van der Waals surface area contributed by atoms with Gasteiger partial charge in [0.2, 0.25) is 0 Å². The van der Waals surface area contributed by atoms with E-state index in [9.17, 15) is 14.7 Å². The second kappa shape index (κ2) is 15.8. The molecule has 0 heterocycles. The standard InChI is InChI=1S/C24H44O4/c1-2-3-4-5-6-7-8-9-10-11-12-13-14-18-21-28-23(27)24(22(25)26)19-16-15-17-20-24/h2-21H2,1H3,(H,25,26). The van der Waals surface area contributed by atoms with Gasteiger partial charge in [-0.1, -0.05) is 110 Å². The third kappa shape index (κ3) is 9.93. The quantitative estimate of drug-likeness (QED) is 0.163. The lowest BCUT2D eigenvalue weighted by molar-refractivity contribution is -0.171. The van der Waals surface area contributed by atoms with Crippen LogP contribution in [0.3, 0.4) is 0 Å². The van der Waals surface area contributed by atoms with Crippen molar-refractivity contribution >= 4 is 11.9 Å². The van der Waals surface area contributed by atoms with Gasteiger partial charge in [-0.25, -0.2) is 0 Å². The number of carboxylic acids is 1. The van der Waals surface area contributed by atoms with Gasteiger partial charge in [-0.15, -0.1) is 0 Å². The van der Waals surface area contributed by atoms with Gasteiger partial charge in [0, 0.05) is 0 Å². The summed E-state index contributed by atoms with van der Waals surface area (Å²) in [7, 11) is 0. The third-order valence-electron chi connectivity index (χ3n) is 6.24. The molecular weight excluding hydrogens is 352 g/mol. The van der Waals surface area contributed by atoms with Gasteiger partial charge in [-0.05, 0) is 19.3 Å². The molecule has 164 valence electrons. The number of aliphatic carboxylic acids is 1. The van der Waals surface area contributed by atoms with Crippen molar-refractivity contribution in [3.05, 3.63) is 0 Å². The molecule has 0 atom stereocenters. The van der Waals surface area contributed by atoms with Gasteiger partial charge in [0.1, 0.15) is 0 Å². The molecule has 1 aliphatic rings. The molecule has 4 heteroatoms. The van der Waals surface area contributed by atoms with Gasteiger partial charge in [0.25, 0.3) is 0 Å². The average molecular weight is 397 g/mol. The summed E-state index contributed by atoms with van der Waals surface area (Å²) < 4.78 is 5.33. The zero-order valence-corrected chi connectivity index (χ0v) is 18.3. The Morgan fingerprint density at radius 3 is 1.57 bits per heavy atom. The molecule has 0 unspecified atom stereocenters. The topological polar surface area (TPSA) is 63.6 Å². The Morgan fingerprint density at radius 1 is 0.714 bits per heavy atom. The highest BCUT2D eigenvalue weighted by atomic mass is 16.5. The van der Waals surface area contributed by atoms with Gasteiger partial charge in [-0.2, -0.15) is 0 Å². The Labute approximate surface area is 172 Å². The van der Waals surface area contributed by atoms with Crippen LogP contribution in [0.2, 0.25) is 0 Å². The summed E-state index contributed by atoms with van der Waals surface area (Å²) in [6.45, 7) is 2.63. The first-order chi connectivity index (χ1) is 13.6. The van der Waals surface area contributed by atoms with E-state index >= 15 is 0 Å². The SMILES string of the molecule is CCCCCCCCCCCCCCCCOC(=O)C1(C(=O)O)CCCCC1. The summed E-state index contributed by atoms with van der Waals surface area (Å²) in [5.74, 6) is -1.51. The molecule has 1 fully saturated rings. The molecule has 4 nitrogen and oxygen atoms in total. The highest BCUT2D eigenvalue weighted by Gasteiger charge is 2.48. The summed E-state index contributed by atoms with van der Waals surface area (Å²) in [5.41, 5.74) is -1.27. The molecule has 1 rings (SSSR count). The highest BCUT2D eigenvalue weighted by molar-refractivity contribution is 5.99. The highest BCUT2D eigenvalue weighted by Crippen LogP contribution is 2.37. The number of hydrogen-bond acceptors (Lipinski definition) is 3. The first-order valence-corrected chi connectivity index (χ1v) is 12.0. The van der Waals surface area contributed by atoms with E-state index in [0.29, 0.717) is 19.4 Å². The van der Waals surface area contributed by atoms with Crippen molar-refractivity contribution in [2.75, 3.05) is 6.61 Å². The zero-order chi connectivity index (χ0) is 20.5. The first kappa shape index (κ1) is 25.0. The van der Waals surface area contributed by atoms with E-state index in [1.165, 1.54) is 77.0 Å². The number of ether oxygens (including phenoxy) is 1. The smallest absolute Gasteiger partial charge is 0.323 e. The lowest BCUT2D eigenvalue weighted by Crippen LogP contribution is -2.42. The fourth-order valence-electron chi connectivity index (χ4n) is 4.26. The van der Waals surface area contributed by atoms with Crippen molar-refractivity contribution in [2.24, 2.45) is 5.41 Å². The maximum atomic E-state index is 12.3. The monoisotopic (exact) mass is 396 g/mol. The Kier molecular flexibility index (Phi) is 14.1. The summed E-state index contributed by atoms with van der Waals surface area (Å²) in [6, 6.07) is 0. The Balaban J connectivity index is 1.92. The lowest BCUT2D eigenvalue weighted by atomic mass is 9.74. The molecule has 0 radical (unpaired) electrons. The molecule has 1 saturated carbocycles. The summed E-state index contributed by atoms with van der Waals surface area (Å²) in [6.07, 6.45) is 21.5. The van der Waals surface area contributed by atoms with Crippen LogP contribution >= 0.6 is 0 Å². The average Bonchev–Trinajstić information content (AvgIpc) is 2.71. The number of carboxylic acid groups (broad SMARTS) is 1. The molecule has 0 saturated heterocycles. The number of hydrogen-bond donors (Lipinski definition) is 1. The minimum Gasteiger partial charge on any atom is -0.480 e. The van der Waals surface area contributed by atoms with Crippen LogP contribution in [0.5, 0.6) is 0 Å². The van der Waals surface area contributed by atoms with Crippen LogP contribution in [0.15, 0.2) is 0 Å². The molecule has 0 spiro atoms. The van der Waals surface area contributed by atoms with E-state index in [0.717, 1.165) is 32.1 Å². The van der Waals surface area contributed by atoms with Gasteiger partial charge in [0.15, 0.2) is 5.41 Å². The van der Waals surface area contributed by atoms with Crippen LogP contribution in [-0.4, -0.2) is 23.7 Å². The molecule has 0 aromatic rings. The fourth-order valence-corrected chi connectivity index (χ4v) is 4.26. The van der Waals surface area contributed by atoms with Gasteiger partial charge in [-0.3, -0.25) is 9.59 Å². The molecule has 0 aliphatic heterocycles. The molecule has 28 heavy (non-hydrogen) atoms. The second-order valence-corrected chi connectivity index (χ2v) is 8.68. The van der Waals surface area contributed by atoms with Crippen LogP contribution in [0, 0.1) is 5.41 Å².